The van der Waals surface area contributed by atoms with Gasteiger partial charge in [-0.25, -0.2) is 8.78 Å². The van der Waals surface area contributed by atoms with Gasteiger partial charge in [-0.15, -0.1) is 0 Å². The van der Waals surface area contributed by atoms with Gasteiger partial charge in [0, 0.05) is 11.8 Å². The van der Waals surface area contributed by atoms with Gasteiger partial charge in [0.15, 0.2) is 11.6 Å². The van der Waals surface area contributed by atoms with Crippen molar-refractivity contribution in [3.8, 4) is 11.5 Å². The molecule has 0 heterocycles. The molecule has 6 heteroatoms. The zero-order chi connectivity index (χ0) is 14.7. The molecule has 0 atom stereocenters. The predicted octanol–water partition coefficient (Wildman–Crippen LogP) is 2.93. The van der Waals surface area contributed by atoms with E-state index >= 15 is 0 Å². The number of ether oxygens (including phenoxy) is 1. The van der Waals surface area contributed by atoms with Crippen LogP contribution in [0.4, 0.5) is 14.5 Å². The molecule has 20 heavy (non-hydrogen) atoms. The topological polar surface area (TPSA) is 58.6 Å². The van der Waals surface area contributed by atoms with Crippen LogP contribution in [-0.2, 0) is 0 Å². The molecule has 0 bridgehead atoms. The third-order valence-electron chi connectivity index (χ3n) is 2.63. The van der Waals surface area contributed by atoms with Crippen molar-refractivity contribution in [3.63, 3.8) is 0 Å². The third kappa shape index (κ3) is 2.69. The largest absolute Gasteiger partial charge is 0.507 e. The fourth-order valence-corrected chi connectivity index (χ4v) is 1.67. The molecule has 1 amide bonds. The smallest absolute Gasteiger partial charge is 0.262 e. The van der Waals surface area contributed by atoms with Crippen molar-refractivity contribution in [2.24, 2.45) is 0 Å². The summed E-state index contributed by atoms with van der Waals surface area (Å²) in [5, 5.41) is 11.9. The first kappa shape index (κ1) is 13.8. The summed E-state index contributed by atoms with van der Waals surface area (Å²) < 4.78 is 31.5. The summed E-state index contributed by atoms with van der Waals surface area (Å²) >= 11 is 0. The molecule has 0 aliphatic carbocycles. The van der Waals surface area contributed by atoms with E-state index in [1.807, 2.05) is 0 Å². The molecule has 0 spiro atoms. The Morgan fingerprint density at radius 2 is 1.95 bits per heavy atom. The van der Waals surface area contributed by atoms with Crippen molar-refractivity contribution in [1.29, 1.82) is 0 Å². The number of aromatic hydroxyl groups is 1. The second kappa shape index (κ2) is 5.56. The average Bonchev–Trinajstić information content (AvgIpc) is 2.40. The second-order valence-electron chi connectivity index (χ2n) is 3.94. The molecule has 2 rings (SSSR count). The van der Waals surface area contributed by atoms with E-state index in [0.29, 0.717) is 0 Å². The fraction of sp³-hybridized carbons (Fsp3) is 0.0714. The number of benzene rings is 2. The van der Waals surface area contributed by atoms with Crippen molar-refractivity contribution < 1.29 is 23.4 Å². The van der Waals surface area contributed by atoms with E-state index in [1.54, 1.807) is 0 Å². The lowest BCUT2D eigenvalue weighted by Crippen LogP contribution is -2.14. The van der Waals surface area contributed by atoms with E-state index in [9.17, 15) is 18.7 Å². The standard InChI is InChI=1S/C14H11F2NO3/c1-20-12-7-8(5-6-9(12)15)17-14(19)13-10(16)3-2-4-11(13)18/h2-7,18H,1H3,(H,17,19). The Morgan fingerprint density at radius 1 is 1.20 bits per heavy atom. The Balaban J connectivity index is 2.28. The number of halogens is 2. The number of methoxy groups -OCH3 is 1. The van der Waals surface area contributed by atoms with Crippen LogP contribution in [0, 0.1) is 11.6 Å². The van der Waals surface area contributed by atoms with Gasteiger partial charge in [0.25, 0.3) is 5.91 Å². The molecule has 4 nitrogen and oxygen atoms in total. The van der Waals surface area contributed by atoms with E-state index in [-0.39, 0.29) is 11.4 Å². The summed E-state index contributed by atoms with van der Waals surface area (Å²) in [6.45, 7) is 0. The molecular formula is C14H11F2NO3. The van der Waals surface area contributed by atoms with Gasteiger partial charge < -0.3 is 15.2 Å². The van der Waals surface area contributed by atoms with Crippen LogP contribution < -0.4 is 10.1 Å². The van der Waals surface area contributed by atoms with Gasteiger partial charge in [-0.1, -0.05) is 6.07 Å². The van der Waals surface area contributed by atoms with E-state index in [0.717, 1.165) is 12.1 Å². The first-order valence-electron chi connectivity index (χ1n) is 5.65. The quantitative estimate of drug-likeness (QED) is 0.908. The average molecular weight is 279 g/mol. The molecule has 0 aromatic heterocycles. The lowest BCUT2D eigenvalue weighted by atomic mass is 10.1. The van der Waals surface area contributed by atoms with Gasteiger partial charge in [0.1, 0.15) is 17.1 Å². The monoisotopic (exact) mass is 279 g/mol. The molecule has 0 saturated carbocycles. The highest BCUT2D eigenvalue weighted by molar-refractivity contribution is 6.06. The Bertz CT molecular complexity index is 639. The van der Waals surface area contributed by atoms with Crippen molar-refractivity contribution in [3.05, 3.63) is 53.6 Å². The Morgan fingerprint density at radius 3 is 2.60 bits per heavy atom. The van der Waals surface area contributed by atoms with Crippen LogP contribution >= 0.6 is 0 Å². The highest BCUT2D eigenvalue weighted by Gasteiger charge is 2.17. The van der Waals surface area contributed by atoms with E-state index < -0.39 is 28.9 Å². The number of rotatable bonds is 3. The first-order chi connectivity index (χ1) is 9.52. The Labute approximate surface area is 113 Å². The zero-order valence-corrected chi connectivity index (χ0v) is 10.5. The number of phenolic OH excluding ortho intramolecular Hbond substituents is 1. The maximum atomic E-state index is 13.5. The number of carbonyl (C=O) groups is 1. The van der Waals surface area contributed by atoms with Crippen molar-refractivity contribution >= 4 is 11.6 Å². The minimum Gasteiger partial charge on any atom is -0.507 e. The highest BCUT2D eigenvalue weighted by Crippen LogP contribution is 2.24. The van der Waals surface area contributed by atoms with Crippen LogP contribution in [0.25, 0.3) is 0 Å². The van der Waals surface area contributed by atoms with Gasteiger partial charge in [-0.05, 0) is 24.3 Å². The van der Waals surface area contributed by atoms with Crippen LogP contribution in [0.3, 0.4) is 0 Å². The van der Waals surface area contributed by atoms with E-state index in [1.165, 1.54) is 31.4 Å². The summed E-state index contributed by atoms with van der Waals surface area (Å²) in [5.74, 6) is -2.80. The number of hydrogen-bond acceptors (Lipinski definition) is 3. The highest BCUT2D eigenvalue weighted by atomic mass is 19.1. The van der Waals surface area contributed by atoms with Crippen LogP contribution in [0.5, 0.6) is 11.5 Å². The number of hydrogen-bond donors (Lipinski definition) is 2. The van der Waals surface area contributed by atoms with E-state index in [2.05, 4.69) is 5.32 Å². The lowest BCUT2D eigenvalue weighted by Gasteiger charge is -2.09. The summed E-state index contributed by atoms with van der Waals surface area (Å²) in [4.78, 5) is 11.9. The third-order valence-corrected chi connectivity index (χ3v) is 2.63. The Hall–Kier alpha value is -2.63. The van der Waals surface area contributed by atoms with Gasteiger partial charge in [0.2, 0.25) is 0 Å². The molecule has 104 valence electrons. The van der Waals surface area contributed by atoms with Gasteiger partial charge in [0.05, 0.1) is 7.11 Å². The van der Waals surface area contributed by atoms with Crippen molar-refractivity contribution in [1.82, 2.24) is 0 Å². The maximum absolute atomic E-state index is 13.5. The van der Waals surface area contributed by atoms with Gasteiger partial charge >= 0.3 is 0 Å². The van der Waals surface area contributed by atoms with Crippen LogP contribution in [0.2, 0.25) is 0 Å². The van der Waals surface area contributed by atoms with Crippen LogP contribution in [0.1, 0.15) is 10.4 Å². The fourth-order valence-electron chi connectivity index (χ4n) is 1.67. The van der Waals surface area contributed by atoms with Crippen LogP contribution in [-0.4, -0.2) is 18.1 Å². The normalized spacial score (nSPS) is 10.2. The SMILES string of the molecule is COc1cc(NC(=O)c2c(O)cccc2F)ccc1F. The molecule has 0 aliphatic rings. The minimum atomic E-state index is -0.850. The van der Waals surface area contributed by atoms with Gasteiger partial charge in [-0.3, -0.25) is 4.79 Å². The number of anilines is 1. The van der Waals surface area contributed by atoms with Crippen molar-refractivity contribution in [2.75, 3.05) is 12.4 Å². The maximum Gasteiger partial charge on any atom is 0.262 e. The molecule has 0 radical (unpaired) electrons. The van der Waals surface area contributed by atoms with Crippen molar-refractivity contribution in [2.45, 2.75) is 0 Å². The summed E-state index contributed by atoms with van der Waals surface area (Å²) in [5.41, 5.74) is -0.258. The summed E-state index contributed by atoms with van der Waals surface area (Å²) in [7, 11) is 1.28. The van der Waals surface area contributed by atoms with Crippen LogP contribution in [0.15, 0.2) is 36.4 Å². The molecule has 0 aliphatic heterocycles. The molecular weight excluding hydrogens is 268 g/mol. The molecule has 2 aromatic rings. The lowest BCUT2D eigenvalue weighted by molar-refractivity contribution is 0.102. The molecule has 2 aromatic carbocycles. The number of amides is 1. The zero-order valence-electron chi connectivity index (χ0n) is 10.5. The predicted molar refractivity (Wildman–Crippen MR) is 69.0 cm³/mol. The molecule has 0 saturated heterocycles. The number of nitrogens with one attached hydrogen (secondary N) is 1. The summed E-state index contributed by atoms with van der Waals surface area (Å²) in [6, 6.07) is 7.19. The molecule has 0 unspecified atom stereocenters. The second-order valence-corrected chi connectivity index (χ2v) is 3.94. The Kier molecular flexibility index (Phi) is 3.84. The molecule has 2 N–H and O–H groups in total. The number of carbonyl (C=O) groups excluding carboxylic acids is 1. The molecule has 0 fully saturated rings. The van der Waals surface area contributed by atoms with E-state index in [4.69, 9.17) is 4.74 Å². The minimum absolute atomic E-state index is 0.0550. The first-order valence-corrected chi connectivity index (χ1v) is 5.65. The summed E-state index contributed by atoms with van der Waals surface area (Å²) in [6.07, 6.45) is 0. The number of phenols is 1. The van der Waals surface area contributed by atoms with Gasteiger partial charge in [-0.2, -0.15) is 0 Å².